The van der Waals surface area contributed by atoms with Crippen molar-refractivity contribution in [2.75, 3.05) is 27.3 Å². The van der Waals surface area contributed by atoms with Gasteiger partial charge in [-0.15, -0.1) is 0 Å². The normalized spacial score (nSPS) is 12.2. The molecule has 0 saturated carbocycles. The molecule has 0 aliphatic rings. The van der Waals surface area contributed by atoms with Crippen LogP contribution in [0.1, 0.15) is 24.1 Å². The van der Waals surface area contributed by atoms with E-state index in [-0.39, 0.29) is 29.9 Å². The van der Waals surface area contributed by atoms with E-state index in [4.69, 9.17) is 9.47 Å². The van der Waals surface area contributed by atoms with Gasteiger partial charge in [-0.3, -0.25) is 4.79 Å². The average molecular weight is 483 g/mol. The Morgan fingerprint density at radius 3 is 2.00 bits per heavy atom. The molecule has 0 aliphatic heterocycles. The summed E-state index contributed by atoms with van der Waals surface area (Å²) >= 11 is 0. The molecule has 1 N–H and O–H groups in total. The van der Waals surface area contributed by atoms with Crippen molar-refractivity contribution in [3.05, 3.63) is 90.0 Å². The number of nitrogens with one attached hydrogen (secondary N) is 1. The fourth-order valence-electron chi connectivity index (χ4n) is 3.50. The Kier molecular flexibility index (Phi) is 8.67. The molecule has 3 rings (SSSR count). The molecular weight excluding hydrogens is 452 g/mol. The van der Waals surface area contributed by atoms with E-state index in [0.717, 1.165) is 16.9 Å². The molecule has 3 aromatic carbocycles. The maximum atomic E-state index is 13.4. The van der Waals surface area contributed by atoms with Gasteiger partial charge in [0.05, 0.1) is 31.7 Å². The van der Waals surface area contributed by atoms with Crippen LogP contribution in [0.3, 0.4) is 0 Å². The minimum atomic E-state index is -3.90. The fourth-order valence-corrected chi connectivity index (χ4v) is 4.90. The third kappa shape index (κ3) is 6.59. The van der Waals surface area contributed by atoms with Crippen LogP contribution in [0.25, 0.3) is 0 Å². The van der Waals surface area contributed by atoms with Gasteiger partial charge in [-0.25, -0.2) is 8.42 Å². The first-order chi connectivity index (χ1) is 16.3. The third-order valence-electron chi connectivity index (χ3n) is 5.50. The van der Waals surface area contributed by atoms with Gasteiger partial charge < -0.3 is 14.8 Å². The highest BCUT2D eigenvalue weighted by Crippen LogP contribution is 2.21. The second-order valence-corrected chi connectivity index (χ2v) is 9.75. The van der Waals surface area contributed by atoms with E-state index >= 15 is 0 Å². The fraction of sp³-hybridized carbons (Fsp3) is 0.269. The molecule has 0 saturated heterocycles. The summed E-state index contributed by atoms with van der Waals surface area (Å²) in [5, 5.41) is 2.90. The zero-order chi connectivity index (χ0) is 24.6. The molecular formula is C26H30N2O5S. The van der Waals surface area contributed by atoms with Gasteiger partial charge in [-0.2, -0.15) is 4.31 Å². The Hall–Kier alpha value is -3.36. The molecule has 0 aromatic heterocycles. The third-order valence-corrected chi connectivity index (χ3v) is 7.36. The number of methoxy groups -OCH3 is 2. The van der Waals surface area contributed by atoms with E-state index in [1.54, 1.807) is 19.2 Å². The molecule has 180 valence electrons. The average Bonchev–Trinajstić information content (AvgIpc) is 2.87. The van der Waals surface area contributed by atoms with E-state index in [9.17, 15) is 13.2 Å². The molecule has 3 aromatic rings. The smallest absolute Gasteiger partial charge is 0.243 e. The Labute approximate surface area is 201 Å². The molecule has 34 heavy (non-hydrogen) atoms. The standard InChI is InChI=1S/C26H30N2O5S/c1-20(22-9-11-23(32-2)12-10-22)27-26(29)19-28(18-17-21-7-5-4-6-8-21)34(30,31)25-15-13-24(33-3)14-16-25/h4-16,20H,17-19H2,1-3H3,(H,27,29). The molecule has 0 heterocycles. The molecule has 0 spiro atoms. The van der Waals surface area contributed by atoms with Crippen molar-refractivity contribution in [2.24, 2.45) is 0 Å². The minimum absolute atomic E-state index is 0.109. The summed E-state index contributed by atoms with van der Waals surface area (Å²) in [4.78, 5) is 13.0. The Bertz CT molecular complexity index is 1160. The summed E-state index contributed by atoms with van der Waals surface area (Å²) in [5.74, 6) is 0.897. The van der Waals surface area contributed by atoms with Crippen LogP contribution in [0.15, 0.2) is 83.8 Å². The number of nitrogens with zero attached hydrogens (tertiary/aromatic N) is 1. The summed E-state index contributed by atoms with van der Waals surface area (Å²) in [6.07, 6.45) is 0.484. The van der Waals surface area contributed by atoms with Gasteiger partial charge in [0.2, 0.25) is 15.9 Å². The maximum absolute atomic E-state index is 13.4. The van der Waals surface area contributed by atoms with Gasteiger partial charge in [0.25, 0.3) is 0 Å². The Balaban J connectivity index is 1.76. The van der Waals surface area contributed by atoms with E-state index in [2.05, 4.69) is 5.32 Å². The number of ether oxygens (including phenoxy) is 2. The van der Waals surface area contributed by atoms with Gasteiger partial charge >= 0.3 is 0 Å². The number of hydrogen-bond donors (Lipinski definition) is 1. The van der Waals surface area contributed by atoms with Gasteiger partial charge in [0.1, 0.15) is 11.5 Å². The van der Waals surface area contributed by atoms with Crippen LogP contribution in [0.4, 0.5) is 0 Å². The number of benzene rings is 3. The number of sulfonamides is 1. The predicted octanol–water partition coefficient (Wildman–Crippen LogP) is 3.81. The highest BCUT2D eigenvalue weighted by atomic mass is 32.2. The van der Waals surface area contributed by atoms with Crippen LogP contribution >= 0.6 is 0 Å². The van der Waals surface area contributed by atoms with Crippen LogP contribution < -0.4 is 14.8 Å². The van der Waals surface area contributed by atoms with Crippen molar-refractivity contribution in [3.63, 3.8) is 0 Å². The Morgan fingerprint density at radius 2 is 1.44 bits per heavy atom. The second-order valence-electron chi connectivity index (χ2n) is 7.81. The summed E-state index contributed by atoms with van der Waals surface area (Å²) in [5.41, 5.74) is 1.88. The SMILES string of the molecule is COc1ccc(C(C)NC(=O)CN(CCc2ccccc2)S(=O)(=O)c2ccc(OC)cc2)cc1. The number of hydrogen-bond acceptors (Lipinski definition) is 5. The lowest BCUT2D eigenvalue weighted by molar-refractivity contribution is -0.121. The van der Waals surface area contributed by atoms with E-state index in [0.29, 0.717) is 12.2 Å². The number of carbonyl (C=O) groups excluding carboxylic acids is 1. The lowest BCUT2D eigenvalue weighted by Gasteiger charge is -2.23. The number of rotatable bonds is 11. The minimum Gasteiger partial charge on any atom is -0.497 e. The van der Waals surface area contributed by atoms with Gasteiger partial charge in [0, 0.05) is 6.54 Å². The predicted molar refractivity (Wildman–Crippen MR) is 131 cm³/mol. The maximum Gasteiger partial charge on any atom is 0.243 e. The summed E-state index contributed by atoms with van der Waals surface area (Å²) < 4.78 is 38.3. The highest BCUT2D eigenvalue weighted by Gasteiger charge is 2.27. The van der Waals surface area contributed by atoms with Crippen molar-refractivity contribution < 1.29 is 22.7 Å². The van der Waals surface area contributed by atoms with Crippen molar-refractivity contribution in [1.82, 2.24) is 9.62 Å². The van der Waals surface area contributed by atoms with Crippen LogP contribution in [0.2, 0.25) is 0 Å². The van der Waals surface area contributed by atoms with E-state index in [1.807, 2.05) is 61.5 Å². The Morgan fingerprint density at radius 1 is 0.882 bits per heavy atom. The highest BCUT2D eigenvalue weighted by molar-refractivity contribution is 7.89. The molecule has 1 amide bonds. The van der Waals surface area contributed by atoms with Crippen molar-refractivity contribution in [1.29, 1.82) is 0 Å². The summed E-state index contributed by atoms with van der Waals surface area (Å²) in [6, 6.07) is 22.8. The van der Waals surface area contributed by atoms with Crippen LogP contribution in [0, 0.1) is 0 Å². The largest absolute Gasteiger partial charge is 0.497 e. The van der Waals surface area contributed by atoms with Crippen molar-refractivity contribution in [3.8, 4) is 11.5 Å². The summed E-state index contributed by atoms with van der Waals surface area (Å²) in [6.45, 7) is 1.73. The van der Waals surface area contributed by atoms with Crippen LogP contribution in [0.5, 0.6) is 11.5 Å². The summed E-state index contributed by atoms with van der Waals surface area (Å²) in [7, 11) is -0.792. The molecule has 1 atom stereocenters. The molecule has 1 unspecified atom stereocenters. The first kappa shape index (κ1) is 25.3. The quantitative estimate of drug-likeness (QED) is 0.449. The molecule has 0 radical (unpaired) electrons. The number of carbonyl (C=O) groups is 1. The monoisotopic (exact) mass is 482 g/mol. The first-order valence-electron chi connectivity index (χ1n) is 10.9. The van der Waals surface area contributed by atoms with Gasteiger partial charge in [0.15, 0.2) is 0 Å². The van der Waals surface area contributed by atoms with Crippen molar-refractivity contribution >= 4 is 15.9 Å². The molecule has 0 aliphatic carbocycles. The van der Waals surface area contributed by atoms with E-state index < -0.39 is 10.0 Å². The van der Waals surface area contributed by atoms with Gasteiger partial charge in [-0.1, -0.05) is 42.5 Å². The topological polar surface area (TPSA) is 84.9 Å². The number of amides is 1. The van der Waals surface area contributed by atoms with Crippen LogP contribution in [-0.4, -0.2) is 45.9 Å². The van der Waals surface area contributed by atoms with Gasteiger partial charge in [-0.05, 0) is 60.9 Å². The zero-order valence-corrected chi connectivity index (χ0v) is 20.4. The van der Waals surface area contributed by atoms with Crippen LogP contribution in [-0.2, 0) is 21.2 Å². The second kappa shape index (κ2) is 11.7. The zero-order valence-electron chi connectivity index (χ0n) is 19.6. The molecule has 0 bridgehead atoms. The first-order valence-corrected chi connectivity index (χ1v) is 12.4. The molecule has 0 fully saturated rings. The lowest BCUT2D eigenvalue weighted by atomic mass is 10.1. The molecule has 7 nitrogen and oxygen atoms in total. The van der Waals surface area contributed by atoms with Crippen molar-refractivity contribution in [2.45, 2.75) is 24.3 Å². The lowest BCUT2D eigenvalue weighted by Crippen LogP contribution is -2.42. The molecule has 8 heteroatoms. The van der Waals surface area contributed by atoms with E-state index in [1.165, 1.54) is 23.5 Å².